The molecule has 0 bridgehead atoms. The Morgan fingerprint density at radius 1 is 1.07 bits per heavy atom. The van der Waals surface area contributed by atoms with Crippen LogP contribution in [0.5, 0.6) is 0 Å². The van der Waals surface area contributed by atoms with Gasteiger partial charge in [-0.3, -0.25) is 0 Å². The number of sulfonamides is 1. The first-order valence-electron chi connectivity index (χ1n) is 9.71. The zero-order valence-electron chi connectivity index (χ0n) is 16.1. The number of benzene rings is 2. The average Bonchev–Trinajstić information content (AvgIpc) is 3.36. The summed E-state index contributed by atoms with van der Waals surface area (Å²) in [6.45, 7) is -0.309. The molecule has 0 saturated carbocycles. The van der Waals surface area contributed by atoms with Crippen molar-refractivity contribution in [2.24, 2.45) is 0 Å². The van der Waals surface area contributed by atoms with Gasteiger partial charge in [-0.2, -0.15) is 9.29 Å². The molecule has 0 radical (unpaired) electrons. The van der Waals surface area contributed by atoms with E-state index in [0.717, 1.165) is 41.4 Å². The minimum atomic E-state index is -4.03. The van der Waals surface area contributed by atoms with Crippen molar-refractivity contribution >= 4 is 10.0 Å². The van der Waals surface area contributed by atoms with Gasteiger partial charge < -0.3 is 4.52 Å². The lowest BCUT2D eigenvalue weighted by Gasteiger charge is -2.21. The van der Waals surface area contributed by atoms with Gasteiger partial charge in [-0.1, -0.05) is 35.5 Å². The molecule has 30 heavy (non-hydrogen) atoms. The molecule has 4 rings (SSSR count). The Morgan fingerprint density at radius 3 is 2.53 bits per heavy atom. The summed E-state index contributed by atoms with van der Waals surface area (Å²) in [5, 5.41) is 3.94. The molecule has 1 aliphatic rings. The van der Waals surface area contributed by atoms with E-state index in [1.807, 2.05) is 30.3 Å². The molecule has 2 atom stereocenters. The molecule has 1 aromatic heterocycles. The Kier molecular flexibility index (Phi) is 5.92. The highest BCUT2D eigenvalue weighted by Crippen LogP contribution is 2.37. The predicted molar refractivity (Wildman–Crippen MR) is 105 cm³/mol. The van der Waals surface area contributed by atoms with Crippen LogP contribution in [0.3, 0.4) is 0 Å². The number of aromatic nitrogens is 2. The van der Waals surface area contributed by atoms with Gasteiger partial charge in [-0.25, -0.2) is 17.2 Å². The maximum Gasteiger partial charge on any atom is 0.245 e. The third-order valence-corrected chi connectivity index (χ3v) is 6.99. The molecule has 1 fully saturated rings. The summed E-state index contributed by atoms with van der Waals surface area (Å²) in [5.41, 5.74) is 1.20. The standard InChI is InChI=1S/C21H21F2N3O3S/c22-16-9-11-18(12-10-16)30(27,28)26-14-17(23)13-19(26)21-24-20(25-29-21)8-4-7-15-5-2-1-3-6-15/h1-3,5-6,9-12,17,19H,4,7-8,13-14H2/t17-,19+/m1/s1. The lowest BCUT2D eigenvalue weighted by Crippen LogP contribution is -2.31. The molecule has 0 N–H and O–H groups in total. The fourth-order valence-corrected chi connectivity index (χ4v) is 5.21. The largest absolute Gasteiger partial charge is 0.338 e. The van der Waals surface area contributed by atoms with Gasteiger partial charge in [0.25, 0.3) is 0 Å². The van der Waals surface area contributed by atoms with E-state index in [2.05, 4.69) is 10.1 Å². The van der Waals surface area contributed by atoms with Crippen molar-refractivity contribution in [3.8, 4) is 0 Å². The molecule has 2 aromatic carbocycles. The van der Waals surface area contributed by atoms with Gasteiger partial charge in [-0.05, 0) is 42.7 Å². The summed E-state index contributed by atoms with van der Waals surface area (Å²) < 4.78 is 59.5. The number of aryl methyl sites for hydroxylation is 2. The summed E-state index contributed by atoms with van der Waals surface area (Å²) >= 11 is 0. The smallest absolute Gasteiger partial charge is 0.245 e. The molecule has 9 heteroatoms. The molecule has 158 valence electrons. The molecule has 2 heterocycles. The van der Waals surface area contributed by atoms with Crippen molar-refractivity contribution in [3.63, 3.8) is 0 Å². The predicted octanol–water partition coefficient (Wildman–Crippen LogP) is 3.86. The monoisotopic (exact) mass is 433 g/mol. The minimum Gasteiger partial charge on any atom is -0.338 e. The molecule has 0 aliphatic carbocycles. The average molecular weight is 433 g/mol. The van der Waals surface area contributed by atoms with Crippen LogP contribution in [0.15, 0.2) is 64.0 Å². The fraction of sp³-hybridized carbons (Fsp3) is 0.333. The minimum absolute atomic E-state index is 0.0634. The molecule has 1 saturated heterocycles. The van der Waals surface area contributed by atoms with Gasteiger partial charge in [0.1, 0.15) is 18.0 Å². The first kappa shape index (κ1) is 20.6. The van der Waals surface area contributed by atoms with E-state index in [-0.39, 0.29) is 23.8 Å². The van der Waals surface area contributed by atoms with Crippen LogP contribution in [0.1, 0.15) is 36.2 Å². The Balaban J connectivity index is 1.48. The number of halogens is 2. The van der Waals surface area contributed by atoms with Crippen molar-refractivity contribution in [2.75, 3.05) is 6.54 Å². The first-order valence-corrected chi connectivity index (χ1v) is 11.2. The third-order valence-electron chi connectivity index (χ3n) is 5.10. The number of alkyl halides is 1. The van der Waals surface area contributed by atoms with Crippen molar-refractivity contribution in [1.82, 2.24) is 14.4 Å². The third kappa shape index (κ3) is 4.41. The van der Waals surface area contributed by atoms with Crippen LogP contribution in [0.2, 0.25) is 0 Å². The number of hydrogen-bond donors (Lipinski definition) is 0. The maximum atomic E-state index is 14.2. The van der Waals surface area contributed by atoms with Crippen LogP contribution in [0, 0.1) is 5.82 Å². The van der Waals surface area contributed by atoms with E-state index >= 15 is 0 Å². The van der Waals surface area contributed by atoms with E-state index in [1.54, 1.807) is 0 Å². The number of nitrogens with zero attached hydrogens (tertiary/aromatic N) is 3. The molecular weight excluding hydrogens is 412 g/mol. The lowest BCUT2D eigenvalue weighted by molar-refractivity contribution is 0.289. The highest BCUT2D eigenvalue weighted by Gasteiger charge is 2.44. The Bertz CT molecular complexity index is 1090. The van der Waals surface area contributed by atoms with Crippen LogP contribution < -0.4 is 0 Å². The van der Waals surface area contributed by atoms with Gasteiger partial charge in [-0.15, -0.1) is 0 Å². The van der Waals surface area contributed by atoms with Crippen LogP contribution in [0.4, 0.5) is 8.78 Å². The topological polar surface area (TPSA) is 76.3 Å². The van der Waals surface area contributed by atoms with Crippen LogP contribution >= 0.6 is 0 Å². The Hall–Kier alpha value is -2.65. The summed E-state index contributed by atoms with van der Waals surface area (Å²) in [4.78, 5) is 4.21. The molecule has 0 unspecified atom stereocenters. The normalized spacial score (nSPS) is 19.9. The SMILES string of the molecule is O=S(=O)(c1ccc(F)cc1)N1C[C@H](F)C[C@H]1c1nc(CCCc2ccccc2)no1. The molecular formula is C21H21F2N3O3S. The first-order chi connectivity index (χ1) is 14.4. The molecule has 6 nitrogen and oxygen atoms in total. The summed E-state index contributed by atoms with van der Waals surface area (Å²) in [5.74, 6) is -0.00903. The van der Waals surface area contributed by atoms with Crippen molar-refractivity contribution in [3.05, 3.63) is 77.7 Å². The second-order valence-electron chi connectivity index (χ2n) is 7.27. The second kappa shape index (κ2) is 8.61. The summed E-state index contributed by atoms with van der Waals surface area (Å²) in [7, 11) is -4.03. The lowest BCUT2D eigenvalue weighted by atomic mass is 10.1. The van der Waals surface area contributed by atoms with Crippen LogP contribution in [-0.4, -0.2) is 35.6 Å². The fourth-order valence-electron chi connectivity index (χ4n) is 3.59. The number of hydrogen-bond acceptors (Lipinski definition) is 5. The Morgan fingerprint density at radius 2 is 1.80 bits per heavy atom. The van der Waals surface area contributed by atoms with Crippen LogP contribution in [-0.2, 0) is 22.9 Å². The second-order valence-corrected chi connectivity index (χ2v) is 9.16. The van der Waals surface area contributed by atoms with Gasteiger partial charge in [0, 0.05) is 19.4 Å². The van der Waals surface area contributed by atoms with Gasteiger partial charge >= 0.3 is 0 Å². The highest BCUT2D eigenvalue weighted by atomic mass is 32.2. The Labute approximate surface area is 173 Å². The molecule has 0 amide bonds. The van der Waals surface area contributed by atoms with E-state index < -0.39 is 28.1 Å². The van der Waals surface area contributed by atoms with E-state index in [4.69, 9.17) is 4.52 Å². The summed E-state index contributed by atoms with van der Waals surface area (Å²) in [6.07, 6.45) is 0.808. The van der Waals surface area contributed by atoms with Crippen molar-refractivity contribution in [1.29, 1.82) is 0 Å². The summed E-state index contributed by atoms with van der Waals surface area (Å²) in [6, 6.07) is 13.6. The molecule has 0 spiro atoms. The maximum absolute atomic E-state index is 14.2. The molecule has 3 aromatic rings. The van der Waals surface area contributed by atoms with E-state index in [1.165, 1.54) is 5.56 Å². The van der Waals surface area contributed by atoms with Crippen LogP contribution in [0.25, 0.3) is 0 Å². The van der Waals surface area contributed by atoms with Gasteiger partial charge in [0.05, 0.1) is 4.90 Å². The van der Waals surface area contributed by atoms with E-state index in [0.29, 0.717) is 12.2 Å². The van der Waals surface area contributed by atoms with Crippen molar-refractivity contribution < 1.29 is 21.7 Å². The molecule has 1 aliphatic heterocycles. The quantitative estimate of drug-likeness (QED) is 0.566. The highest BCUT2D eigenvalue weighted by molar-refractivity contribution is 7.89. The van der Waals surface area contributed by atoms with Crippen molar-refractivity contribution in [2.45, 2.75) is 42.8 Å². The van der Waals surface area contributed by atoms with Gasteiger partial charge in [0.15, 0.2) is 5.82 Å². The zero-order chi connectivity index (χ0) is 21.1. The van der Waals surface area contributed by atoms with E-state index in [9.17, 15) is 17.2 Å². The van der Waals surface area contributed by atoms with Gasteiger partial charge in [0.2, 0.25) is 15.9 Å². The zero-order valence-corrected chi connectivity index (χ0v) is 16.9. The number of rotatable bonds is 7.